The fraction of sp³-hybridized carbons (Fsp3) is 0.875. The average molecular weight is 330 g/mol. The molecule has 2 aliphatic heterocycles. The first-order chi connectivity index (χ1) is 10.1. The van der Waals surface area contributed by atoms with E-state index in [0.717, 1.165) is 51.9 Å². The van der Waals surface area contributed by atoms with Crippen molar-refractivity contribution >= 4 is 24.2 Å². The number of nitrogens with one attached hydrogen (secondary N) is 1. The minimum absolute atomic E-state index is 0. The van der Waals surface area contributed by atoms with Gasteiger partial charge in [-0.25, -0.2) is 0 Å². The van der Waals surface area contributed by atoms with Crippen LogP contribution < -0.4 is 5.32 Å². The molecule has 3 rings (SSSR count). The van der Waals surface area contributed by atoms with E-state index in [9.17, 15) is 9.59 Å². The molecule has 0 radical (unpaired) electrons. The summed E-state index contributed by atoms with van der Waals surface area (Å²) in [5.41, 5.74) is -0.143. The summed E-state index contributed by atoms with van der Waals surface area (Å²) in [5.74, 6) is 0.514. The second-order valence-electron chi connectivity index (χ2n) is 7.08. The van der Waals surface area contributed by atoms with Gasteiger partial charge >= 0.3 is 0 Å². The lowest BCUT2D eigenvalue weighted by molar-refractivity contribution is -0.146. The number of halogens is 1. The number of hydrogen-bond acceptors (Lipinski definition) is 3. The van der Waals surface area contributed by atoms with Crippen LogP contribution in [0.25, 0.3) is 0 Å². The highest BCUT2D eigenvalue weighted by Crippen LogP contribution is 2.39. The number of carbonyl (C=O) groups excluding carboxylic acids is 2. The highest BCUT2D eigenvalue weighted by Gasteiger charge is 2.41. The molecule has 0 bridgehead atoms. The van der Waals surface area contributed by atoms with Gasteiger partial charge in [-0.1, -0.05) is 19.8 Å². The van der Waals surface area contributed by atoms with Crippen LogP contribution in [0.1, 0.15) is 45.4 Å². The van der Waals surface area contributed by atoms with E-state index in [-0.39, 0.29) is 29.8 Å². The van der Waals surface area contributed by atoms with E-state index in [1.54, 1.807) is 0 Å². The number of piperazine rings is 1. The smallest absolute Gasteiger partial charge is 0.236 e. The Labute approximate surface area is 139 Å². The van der Waals surface area contributed by atoms with Gasteiger partial charge in [0.2, 0.25) is 11.8 Å². The van der Waals surface area contributed by atoms with Crippen LogP contribution in [0.3, 0.4) is 0 Å². The maximum absolute atomic E-state index is 12.8. The van der Waals surface area contributed by atoms with E-state index in [0.29, 0.717) is 12.5 Å². The summed E-state index contributed by atoms with van der Waals surface area (Å²) in [5, 5.41) is 3.12. The zero-order chi connectivity index (χ0) is 14.9. The predicted molar refractivity (Wildman–Crippen MR) is 88.0 cm³/mol. The van der Waals surface area contributed by atoms with Crippen molar-refractivity contribution < 1.29 is 9.59 Å². The van der Waals surface area contributed by atoms with Gasteiger partial charge in [-0.15, -0.1) is 12.4 Å². The van der Waals surface area contributed by atoms with Gasteiger partial charge in [0.1, 0.15) is 0 Å². The van der Waals surface area contributed by atoms with E-state index in [1.807, 2.05) is 9.80 Å². The van der Waals surface area contributed by atoms with Crippen molar-refractivity contribution in [2.45, 2.75) is 51.5 Å². The highest BCUT2D eigenvalue weighted by molar-refractivity contribution is 5.85. The Morgan fingerprint density at radius 2 is 1.95 bits per heavy atom. The van der Waals surface area contributed by atoms with Gasteiger partial charge in [0.25, 0.3) is 0 Å². The van der Waals surface area contributed by atoms with E-state index in [1.165, 1.54) is 12.8 Å². The molecule has 3 aliphatic rings. The molecule has 0 spiro atoms. The zero-order valence-corrected chi connectivity index (χ0v) is 14.3. The molecular weight excluding hydrogens is 302 g/mol. The molecule has 5 nitrogen and oxygen atoms in total. The minimum atomic E-state index is -0.143. The first-order valence-electron chi connectivity index (χ1n) is 8.40. The summed E-state index contributed by atoms with van der Waals surface area (Å²) < 4.78 is 0. The topological polar surface area (TPSA) is 52.7 Å². The van der Waals surface area contributed by atoms with Gasteiger partial charge in [-0.3, -0.25) is 9.59 Å². The number of amides is 2. The van der Waals surface area contributed by atoms with Gasteiger partial charge in [-0.05, 0) is 25.7 Å². The lowest BCUT2D eigenvalue weighted by Gasteiger charge is -2.43. The zero-order valence-electron chi connectivity index (χ0n) is 13.5. The Balaban J connectivity index is 0.00000176. The van der Waals surface area contributed by atoms with E-state index in [4.69, 9.17) is 0 Å². The van der Waals surface area contributed by atoms with Gasteiger partial charge in [-0.2, -0.15) is 0 Å². The van der Waals surface area contributed by atoms with Crippen molar-refractivity contribution in [1.29, 1.82) is 0 Å². The number of hydrogen-bond donors (Lipinski definition) is 1. The van der Waals surface area contributed by atoms with E-state index in [2.05, 4.69) is 12.2 Å². The maximum atomic E-state index is 12.8. The first-order valence-corrected chi connectivity index (χ1v) is 8.40. The molecule has 0 aromatic heterocycles. The summed E-state index contributed by atoms with van der Waals surface area (Å²) in [7, 11) is 0. The summed E-state index contributed by atoms with van der Waals surface area (Å²) in [4.78, 5) is 28.9. The largest absolute Gasteiger partial charge is 0.340 e. The number of piperidine rings is 1. The molecule has 1 saturated carbocycles. The van der Waals surface area contributed by atoms with Gasteiger partial charge in [0, 0.05) is 37.6 Å². The summed E-state index contributed by atoms with van der Waals surface area (Å²) in [6.45, 7) is 5.83. The molecular formula is C16H28ClN3O2. The van der Waals surface area contributed by atoms with Crippen LogP contribution in [0.4, 0.5) is 0 Å². The van der Waals surface area contributed by atoms with Crippen LogP contribution in [0.5, 0.6) is 0 Å². The van der Waals surface area contributed by atoms with Crippen LogP contribution in [0, 0.1) is 5.41 Å². The summed E-state index contributed by atoms with van der Waals surface area (Å²) in [6, 6.07) is 0.224. The Kier molecular flexibility index (Phi) is 5.72. The maximum Gasteiger partial charge on any atom is 0.236 e. The molecule has 1 atom stereocenters. The average Bonchev–Trinajstić information content (AvgIpc) is 2.95. The number of likely N-dealkylation sites (tertiary alicyclic amines) is 1. The predicted octanol–water partition coefficient (Wildman–Crippen LogP) is 1.41. The fourth-order valence-corrected chi connectivity index (χ4v) is 4.15. The molecule has 6 heteroatoms. The third-order valence-electron chi connectivity index (χ3n) is 5.47. The molecule has 2 saturated heterocycles. The van der Waals surface area contributed by atoms with Crippen molar-refractivity contribution in [3.63, 3.8) is 0 Å². The first kappa shape index (κ1) is 17.5. The number of nitrogens with zero attached hydrogens (tertiary/aromatic N) is 2. The van der Waals surface area contributed by atoms with Gasteiger partial charge < -0.3 is 15.1 Å². The van der Waals surface area contributed by atoms with E-state index >= 15 is 0 Å². The molecule has 1 aliphatic carbocycles. The van der Waals surface area contributed by atoms with Gasteiger partial charge in [0.05, 0.1) is 6.54 Å². The third-order valence-corrected chi connectivity index (χ3v) is 5.47. The number of carbonyl (C=O) groups is 2. The second-order valence-corrected chi connectivity index (χ2v) is 7.08. The molecule has 126 valence electrons. The third kappa shape index (κ3) is 3.40. The molecule has 1 N–H and O–H groups in total. The monoisotopic (exact) mass is 329 g/mol. The molecule has 0 aromatic carbocycles. The quantitative estimate of drug-likeness (QED) is 0.833. The lowest BCUT2D eigenvalue weighted by Crippen LogP contribution is -2.58. The Morgan fingerprint density at radius 3 is 2.64 bits per heavy atom. The van der Waals surface area contributed by atoms with Crippen molar-refractivity contribution in [2.24, 2.45) is 5.41 Å². The van der Waals surface area contributed by atoms with Crippen LogP contribution in [-0.4, -0.2) is 60.4 Å². The second kappa shape index (κ2) is 7.18. The van der Waals surface area contributed by atoms with Crippen molar-refractivity contribution in [2.75, 3.05) is 32.7 Å². The normalized spacial score (nSPS) is 28.4. The SMILES string of the molecule is CC1(C(=O)N2CCCC(N3CCNCC3=O)C2)CCCC1.Cl. The fourth-order valence-electron chi connectivity index (χ4n) is 4.15. The molecule has 2 heterocycles. The molecule has 1 unspecified atom stereocenters. The van der Waals surface area contributed by atoms with E-state index < -0.39 is 0 Å². The van der Waals surface area contributed by atoms with Crippen molar-refractivity contribution in [3.8, 4) is 0 Å². The summed E-state index contributed by atoms with van der Waals surface area (Å²) >= 11 is 0. The summed E-state index contributed by atoms with van der Waals surface area (Å²) in [6.07, 6.45) is 6.46. The molecule has 3 fully saturated rings. The van der Waals surface area contributed by atoms with Crippen LogP contribution in [-0.2, 0) is 9.59 Å². The van der Waals surface area contributed by atoms with Crippen LogP contribution in [0.2, 0.25) is 0 Å². The standard InChI is InChI=1S/C16H27N3O2.ClH/c1-16(6-2-3-7-16)15(21)18-9-4-5-13(12-18)19-10-8-17-11-14(19)20;/h13,17H,2-12H2,1H3;1H. The Hall–Kier alpha value is -0.810. The van der Waals surface area contributed by atoms with Gasteiger partial charge in [0.15, 0.2) is 0 Å². The minimum Gasteiger partial charge on any atom is -0.340 e. The van der Waals surface area contributed by atoms with Crippen LogP contribution >= 0.6 is 12.4 Å². The Bertz CT molecular complexity index is 424. The van der Waals surface area contributed by atoms with Crippen molar-refractivity contribution in [1.82, 2.24) is 15.1 Å². The molecule has 22 heavy (non-hydrogen) atoms. The lowest BCUT2D eigenvalue weighted by atomic mass is 9.86. The van der Waals surface area contributed by atoms with Crippen molar-refractivity contribution in [3.05, 3.63) is 0 Å². The molecule has 2 amide bonds. The Morgan fingerprint density at radius 1 is 1.23 bits per heavy atom. The van der Waals surface area contributed by atoms with Crippen LogP contribution in [0.15, 0.2) is 0 Å². The highest BCUT2D eigenvalue weighted by atomic mass is 35.5. The molecule has 0 aromatic rings. The number of rotatable bonds is 2.